The average Bonchev–Trinajstić information content (AvgIpc) is 2.91. The molecule has 0 aliphatic carbocycles. The maximum Gasteiger partial charge on any atom is 0.261 e. The van der Waals surface area contributed by atoms with Gasteiger partial charge in [0, 0.05) is 23.5 Å². The molecule has 1 N–H and O–H groups in total. The van der Waals surface area contributed by atoms with Crippen molar-refractivity contribution in [1.82, 2.24) is 10.2 Å². The fourth-order valence-electron chi connectivity index (χ4n) is 3.89. The zero-order valence-corrected chi connectivity index (χ0v) is 24.7. The second-order valence-corrected chi connectivity index (χ2v) is 10.8. The van der Waals surface area contributed by atoms with Crippen LogP contribution in [0.25, 0.3) is 0 Å². The van der Waals surface area contributed by atoms with Crippen LogP contribution in [-0.2, 0) is 29.0 Å². The van der Waals surface area contributed by atoms with Gasteiger partial charge in [-0.15, -0.1) is 0 Å². The summed E-state index contributed by atoms with van der Waals surface area (Å²) >= 11 is 7.02. The van der Waals surface area contributed by atoms with Crippen LogP contribution >= 0.6 is 31.9 Å². The number of nitrogens with zero attached hydrogens (tertiary/aromatic N) is 1. The summed E-state index contributed by atoms with van der Waals surface area (Å²) in [5.41, 5.74) is 3.09. The number of rotatable bonds is 12. The van der Waals surface area contributed by atoms with E-state index < -0.39 is 6.04 Å². The van der Waals surface area contributed by atoms with E-state index in [2.05, 4.69) is 44.1 Å². The van der Waals surface area contributed by atoms with Gasteiger partial charge >= 0.3 is 0 Å². The Balaban J connectivity index is 1.91. The molecular weight excluding hydrogens is 596 g/mol. The van der Waals surface area contributed by atoms with E-state index >= 15 is 0 Å². The van der Waals surface area contributed by atoms with Crippen molar-refractivity contribution in [2.45, 2.75) is 58.7 Å². The van der Waals surface area contributed by atoms with Gasteiger partial charge in [0.25, 0.3) is 5.91 Å². The van der Waals surface area contributed by atoms with Crippen LogP contribution in [-0.4, -0.2) is 35.4 Å². The molecule has 0 bridgehead atoms. The molecule has 0 spiro atoms. The molecule has 0 saturated carbocycles. The molecule has 2 atom stereocenters. The van der Waals surface area contributed by atoms with Gasteiger partial charge in [-0.05, 0) is 76.7 Å². The zero-order chi connectivity index (χ0) is 26.8. The van der Waals surface area contributed by atoms with Gasteiger partial charge in [-0.3, -0.25) is 9.59 Å². The molecule has 2 amide bonds. The molecule has 0 fully saturated rings. The van der Waals surface area contributed by atoms with E-state index in [1.165, 1.54) is 5.56 Å². The Morgan fingerprint density at radius 1 is 0.919 bits per heavy atom. The first-order valence-corrected chi connectivity index (χ1v) is 14.2. The molecule has 0 radical (unpaired) electrons. The second-order valence-electron chi connectivity index (χ2n) is 9.08. The molecular formula is C30H34Br2N2O3. The van der Waals surface area contributed by atoms with Crippen LogP contribution in [0.1, 0.15) is 43.9 Å². The molecule has 3 aromatic carbocycles. The first-order valence-electron chi connectivity index (χ1n) is 12.6. The van der Waals surface area contributed by atoms with E-state index in [0.717, 1.165) is 32.9 Å². The number of amides is 2. The molecule has 3 rings (SSSR count). The second kappa shape index (κ2) is 14.3. The standard InChI is InChI=1S/C30H34Br2N2O3/c1-4-21(3)33-30(36)27(18-23-9-7-6-8-10-23)34(19-24-11-14-25(31)15-12-24)29(35)20-37-28-16-13-22(5-2)17-26(28)32/h6-17,21,27H,4-5,18-20H2,1-3H3,(H,33,36)/t21-,27-/m0/s1. The third kappa shape index (κ3) is 8.71. The highest BCUT2D eigenvalue weighted by Gasteiger charge is 2.31. The Kier molecular flexibility index (Phi) is 11.2. The zero-order valence-electron chi connectivity index (χ0n) is 21.5. The average molecular weight is 630 g/mol. The fourth-order valence-corrected chi connectivity index (χ4v) is 4.69. The number of ether oxygens (including phenoxy) is 1. The van der Waals surface area contributed by atoms with E-state index in [1.54, 1.807) is 4.90 Å². The molecule has 0 aliphatic heterocycles. The fraction of sp³-hybridized carbons (Fsp3) is 0.333. The molecule has 0 aromatic heterocycles. The Hall–Kier alpha value is -2.64. The number of carbonyl (C=O) groups excluding carboxylic acids is 2. The van der Waals surface area contributed by atoms with E-state index in [-0.39, 0.29) is 31.0 Å². The molecule has 5 nitrogen and oxygen atoms in total. The Morgan fingerprint density at radius 2 is 1.59 bits per heavy atom. The monoisotopic (exact) mass is 628 g/mol. The summed E-state index contributed by atoms with van der Waals surface area (Å²) in [6, 6.07) is 22.7. The van der Waals surface area contributed by atoms with Crippen molar-refractivity contribution in [3.05, 3.63) is 98.4 Å². The maximum absolute atomic E-state index is 13.7. The number of hydrogen-bond acceptors (Lipinski definition) is 3. The first-order chi connectivity index (χ1) is 17.8. The lowest BCUT2D eigenvalue weighted by Crippen LogP contribution is -2.53. The Labute approximate surface area is 236 Å². The summed E-state index contributed by atoms with van der Waals surface area (Å²) in [6.45, 7) is 6.19. The SMILES string of the molecule is CCc1ccc(OCC(=O)N(Cc2ccc(Br)cc2)[C@@H](Cc2ccccc2)C(=O)N[C@@H](C)CC)c(Br)c1. The lowest BCUT2D eigenvalue weighted by molar-refractivity contribution is -0.143. The number of aryl methyl sites for hydroxylation is 1. The summed E-state index contributed by atoms with van der Waals surface area (Å²) in [7, 11) is 0. The van der Waals surface area contributed by atoms with Crippen molar-refractivity contribution in [1.29, 1.82) is 0 Å². The van der Waals surface area contributed by atoms with Crippen LogP contribution in [0.5, 0.6) is 5.75 Å². The van der Waals surface area contributed by atoms with Crippen LogP contribution in [0.15, 0.2) is 81.7 Å². The minimum Gasteiger partial charge on any atom is -0.483 e. The van der Waals surface area contributed by atoms with Gasteiger partial charge in [-0.25, -0.2) is 0 Å². The smallest absolute Gasteiger partial charge is 0.261 e. The van der Waals surface area contributed by atoms with Crippen molar-refractivity contribution in [3.63, 3.8) is 0 Å². The molecule has 0 heterocycles. The molecule has 0 aliphatic rings. The van der Waals surface area contributed by atoms with Gasteiger partial charge in [-0.1, -0.05) is 78.3 Å². The molecule has 0 saturated heterocycles. The Morgan fingerprint density at radius 3 is 2.22 bits per heavy atom. The van der Waals surface area contributed by atoms with Crippen LogP contribution in [0, 0.1) is 0 Å². The predicted molar refractivity (Wildman–Crippen MR) is 156 cm³/mol. The normalized spacial score (nSPS) is 12.5. The summed E-state index contributed by atoms with van der Waals surface area (Å²) in [6.07, 6.45) is 2.11. The number of carbonyl (C=O) groups is 2. The molecule has 7 heteroatoms. The van der Waals surface area contributed by atoms with Gasteiger partial charge in [-0.2, -0.15) is 0 Å². The summed E-state index contributed by atoms with van der Waals surface area (Å²) < 4.78 is 7.69. The van der Waals surface area contributed by atoms with Crippen LogP contribution in [0.2, 0.25) is 0 Å². The summed E-state index contributed by atoms with van der Waals surface area (Å²) in [4.78, 5) is 28.9. The van der Waals surface area contributed by atoms with Crippen LogP contribution in [0.4, 0.5) is 0 Å². The van der Waals surface area contributed by atoms with Crippen molar-refractivity contribution in [3.8, 4) is 5.75 Å². The third-order valence-electron chi connectivity index (χ3n) is 6.29. The lowest BCUT2D eigenvalue weighted by atomic mass is 10.0. The van der Waals surface area contributed by atoms with Gasteiger partial charge in [0.15, 0.2) is 6.61 Å². The highest BCUT2D eigenvalue weighted by molar-refractivity contribution is 9.10. The van der Waals surface area contributed by atoms with E-state index in [4.69, 9.17) is 4.74 Å². The number of hydrogen-bond donors (Lipinski definition) is 1. The molecule has 196 valence electrons. The minimum atomic E-state index is -0.693. The topological polar surface area (TPSA) is 58.6 Å². The van der Waals surface area contributed by atoms with Crippen molar-refractivity contribution < 1.29 is 14.3 Å². The van der Waals surface area contributed by atoms with Crippen LogP contribution < -0.4 is 10.1 Å². The molecule has 0 unspecified atom stereocenters. The predicted octanol–water partition coefficient (Wildman–Crippen LogP) is 6.71. The van der Waals surface area contributed by atoms with Gasteiger partial charge in [0.2, 0.25) is 5.91 Å². The Bertz CT molecular complexity index is 1170. The van der Waals surface area contributed by atoms with Crippen molar-refractivity contribution in [2.24, 2.45) is 0 Å². The van der Waals surface area contributed by atoms with Gasteiger partial charge in [0.1, 0.15) is 11.8 Å². The van der Waals surface area contributed by atoms with E-state index in [0.29, 0.717) is 12.2 Å². The number of halogens is 2. The highest BCUT2D eigenvalue weighted by atomic mass is 79.9. The minimum absolute atomic E-state index is 0.000286. The molecule has 37 heavy (non-hydrogen) atoms. The maximum atomic E-state index is 13.7. The lowest BCUT2D eigenvalue weighted by Gasteiger charge is -2.32. The summed E-state index contributed by atoms with van der Waals surface area (Å²) in [5.74, 6) is 0.171. The van der Waals surface area contributed by atoms with Gasteiger partial charge in [0.05, 0.1) is 4.47 Å². The highest BCUT2D eigenvalue weighted by Crippen LogP contribution is 2.26. The number of benzene rings is 3. The van der Waals surface area contributed by atoms with E-state index in [9.17, 15) is 9.59 Å². The number of nitrogens with one attached hydrogen (secondary N) is 1. The first kappa shape index (κ1) is 28.9. The third-order valence-corrected chi connectivity index (χ3v) is 7.44. The van der Waals surface area contributed by atoms with Gasteiger partial charge < -0.3 is 15.0 Å². The van der Waals surface area contributed by atoms with Crippen LogP contribution in [0.3, 0.4) is 0 Å². The summed E-state index contributed by atoms with van der Waals surface area (Å²) in [5, 5.41) is 3.09. The van der Waals surface area contributed by atoms with E-state index in [1.807, 2.05) is 86.6 Å². The molecule has 3 aromatic rings. The quantitative estimate of drug-likeness (QED) is 0.242. The van der Waals surface area contributed by atoms with Crippen molar-refractivity contribution in [2.75, 3.05) is 6.61 Å². The van der Waals surface area contributed by atoms with Crippen molar-refractivity contribution >= 4 is 43.7 Å². The largest absolute Gasteiger partial charge is 0.483 e.